The van der Waals surface area contributed by atoms with Gasteiger partial charge in [0.2, 0.25) is 5.89 Å². The lowest BCUT2D eigenvalue weighted by molar-refractivity contribution is 0.0977. The molecular formula is C20H13ClN4O2S. The van der Waals surface area contributed by atoms with E-state index in [1.165, 1.54) is 0 Å². The molecule has 2 heterocycles. The lowest BCUT2D eigenvalue weighted by Crippen LogP contribution is -2.34. The highest BCUT2D eigenvalue weighted by atomic mass is 35.5. The highest BCUT2D eigenvalue weighted by molar-refractivity contribution is 7.80. The molecule has 2 aromatic heterocycles. The van der Waals surface area contributed by atoms with Gasteiger partial charge in [0.15, 0.2) is 16.3 Å². The number of halogens is 1. The molecule has 0 aliphatic carbocycles. The fraction of sp³-hybridized carbons (Fsp3) is 0. The maximum atomic E-state index is 12.2. The third-order valence-electron chi connectivity index (χ3n) is 3.87. The Kier molecular flexibility index (Phi) is 5.01. The molecule has 0 unspecified atom stereocenters. The first-order chi connectivity index (χ1) is 13.6. The van der Waals surface area contributed by atoms with E-state index in [2.05, 4.69) is 20.6 Å². The number of aromatic nitrogens is 2. The molecule has 0 atom stereocenters. The number of nitrogens with one attached hydrogen (secondary N) is 2. The number of hydrogen-bond donors (Lipinski definition) is 2. The monoisotopic (exact) mass is 408 g/mol. The number of amides is 1. The molecule has 2 aromatic carbocycles. The van der Waals surface area contributed by atoms with Crippen LogP contribution >= 0.6 is 23.8 Å². The standard InChI is InChI=1S/C20H13ClN4O2S/c21-14-8-6-12(7-9-14)18(26)25-20(28)23-15-4-1-3-13(11-15)19-24-17-16(27-19)5-2-10-22-17/h1-11H,(H2,23,25,26,28). The first kappa shape index (κ1) is 18.1. The van der Waals surface area contributed by atoms with E-state index in [0.29, 0.717) is 33.4 Å². The van der Waals surface area contributed by atoms with Crippen LogP contribution in [-0.2, 0) is 0 Å². The van der Waals surface area contributed by atoms with Crippen molar-refractivity contribution in [1.29, 1.82) is 0 Å². The van der Waals surface area contributed by atoms with E-state index in [1.807, 2.05) is 30.3 Å². The van der Waals surface area contributed by atoms with Crippen LogP contribution in [0.25, 0.3) is 22.7 Å². The van der Waals surface area contributed by atoms with Gasteiger partial charge in [0.25, 0.3) is 5.91 Å². The van der Waals surface area contributed by atoms with Gasteiger partial charge in [-0.2, -0.15) is 4.98 Å². The summed E-state index contributed by atoms with van der Waals surface area (Å²) in [6.45, 7) is 0. The van der Waals surface area contributed by atoms with Crippen molar-refractivity contribution in [3.8, 4) is 11.5 Å². The zero-order valence-corrected chi connectivity index (χ0v) is 15.9. The number of hydrogen-bond acceptors (Lipinski definition) is 5. The van der Waals surface area contributed by atoms with Crippen LogP contribution in [0.4, 0.5) is 5.69 Å². The van der Waals surface area contributed by atoms with Crippen molar-refractivity contribution in [3.05, 3.63) is 77.4 Å². The first-order valence-electron chi connectivity index (χ1n) is 8.28. The number of pyridine rings is 1. The van der Waals surface area contributed by atoms with Crippen molar-refractivity contribution in [2.75, 3.05) is 5.32 Å². The molecule has 28 heavy (non-hydrogen) atoms. The van der Waals surface area contributed by atoms with Crippen LogP contribution in [-0.4, -0.2) is 21.0 Å². The normalized spacial score (nSPS) is 10.6. The van der Waals surface area contributed by atoms with E-state index < -0.39 is 0 Å². The van der Waals surface area contributed by atoms with Crippen molar-refractivity contribution < 1.29 is 9.21 Å². The van der Waals surface area contributed by atoms with Crippen LogP contribution in [0.5, 0.6) is 0 Å². The summed E-state index contributed by atoms with van der Waals surface area (Å²) in [6.07, 6.45) is 1.66. The Balaban J connectivity index is 1.47. The highest BCUT2D eigenvalue weighted by Crippen LogP contribution is 2.25. The number of carbonyl (C=O) groups excluding carboxylic acids is 1. The van der Waals surface area contributed by atoms with Gasteiger partial charge in [-0.3, -0.25) is 10.1 Å². The number of oxazole rings is 1. The highest BCUT2D eigenvalue weighted by Gasteiger charge is 2.11. The van der Waals surface area contributed by atoms with Gasteiger partial charge in [-0.15, -0.1) is 0 Å². The van der Waals surface area contributed by atoms with Gasteiger partial charge in [-0.1, -0.05) is 17.7 Å². The molecule has 0 aliphatic heterocycles. The van der Waals surface area contributed by atoms with Crippen molar-refractivity contribution >= 4 is 51.8 Å². The molecule has 6 nitrogen and oxygen atoms in total. The summed E-state index contributed by atoms with van der Waals surface area (Å²) < 4.78 is 5.73. The fourth-order valence-corrected chi connectivity index (χ4v) is 2.90. The Labute approximate surface area is 170 Å². The summed E-state index contributed by atoms with van der Waals surface area (Å²) >= 11 is 11.1. The average Bonchev–Trinajstić information content (AvgIpc) is 3.13. The van der Waals surface area contributed by atoms with E-state index in [4.69, 9.17) is 28.2 Å². The number of rotatable bonds is 3. The number of thiocarbonyl (C=S) groups is 1. The molecule has 0 saturated carbocycles. The minimum absolute atomic E-state index is 0.177. The molecule has 0 fully saturated rings. The number of anilines is 1. The Morgan fingerprint density at radius 3 is 2.68 bits per heavy atom. The fourth-order valence-electron chi connectivity index (χ4n) is 2.56. The van der Waals surface area contributed by atoms with Gasteiger partial charge in [0.1, 0.15) is 0 Å². The van der Waals surface area contributed by atoms with Gasteiger partial charge < -0.3 is 9.73 Å². The predicted molar refractivity (Wildman–Crippen MR) is 112 cm³/mol. The zero-order valence-electron chi connectivity index (χ0n) is 14.3. The summed E-state index contributed by atoms with van der Waals surface area (Å²) in [5, 5.41) is 6.36. The van der Waals surface area contributed by atoms with E-state index in [-0.39, 0.29) is 11.0 Å². The van der Waals surface area contributed by atoms with Gasteiger partial charge in [-0.05, 0) is 66.8 Å². The third-order valence-corrected chi connectivity index (χ3v) is 4.32. The number of benzene rings is 2. The molecule has 4 rings (SSSR count). The van der Waals surface area contributed by atoms with Crippen LogP contribution in [0, 0.1) is 0 Å². The molecule has 1 amide bonds. The summed E-state index contributed by atoms with van der Waals surface area (Å²) in [4.78, 5) is 20.8. The lowest BCUT2D eigenvalue weighted by Gasteiger charge is -2.10. The van der Waals surface area contributed by atoms with Crippen LogP contribution in [0.3, 0.4) is 0 Å². The third kappa shape index (κ3) is 4.00. The van der Waals surface area contributed by atoms with Gasteiger partial charge in [-0.25, -0.2) is 4.98 Å². The predicted octanol–water partition coefficient (Wildman–Crippen LogP) is 4.67. The second-order valence-corrected chi connectivity index (χ2v) is 6.68. The lowest BCUT2D eigenvalue weighted by atomic mass is 10.2. The maximum absolute atomic E-state index is 12.2. The SMILES string of the molecule is O=C(NC(=S)Nc1cccc(-c2nc3ncccc3o2)c1)c1ccc(Cl)cc1. The van der Waals surface area contributed by atoms with Crippen molar-refractivity contribution in [2.45, 2.75) is 0 Å². The van der Waals surface area contributed by atoms with E-state index in [0.717, 1.165) is 5.56 Å². The smallest absolute Gasteiger partial charge is 0.257 e. The molecular weight excluding hydrogens is 396 g/mol. The van der Waals surface area contributed by atoms with Crippen molar-refractivity contribution in [3.63, 3.8) is 0 Å². The van der Waals surface area contributed by atoms with E-state index in [9.17, 15) is 4.79 Å². The Morgan fingerprint density at radius 1 is 1.07 bits per heavy atom. The van der Waals surface area contributed by atoms with Crippen molar-refractivity contribution in [1.82, 2.24) is 15.3 Å². The molecule has 0 saturated heterocycles. The quantitative estimate of drug-likeness (QED) is 0.479. The zero-order chi connectivity index (χ0) is 19.5. The number of nitrogens with zero attached hydrogens (tertiary/aromatic N) is 2. The Bertz CT molecular complexity index is 1140. The minimum Gasteiger partial charge on any atom is -0.434 e. The van der Waals surface area contributed by atoms with E-state index >= 15 is 0 Å². The number of carbonyl (C=O) groups is 1. The molecule has 0 radical (unpaired) electrons. The summed E-state index contributed by atoms with van der Waals surface area (Å²) in [6, 6.07) is 17.5. The summed E-state index contributed by atoms with van der Waals surface area (Å²) in [5.41, 5.74) is 3.06. The maximum Gasteiger partial charge on any atom is 0.257 e. The summed E-state index contributed by atoms with van der Waals surface area (Å²) in [7, 11) is 0. The minimum atomic E-state index is -0.324. The molecule has 8 heteroatoms. The second kappa shape index (κ2) is 7.75. The number of fused-ring (bicyclic) bond motifs is 1. The van der Waals surface area contributed by atoms with Gasteiger partial charge in [0.05, 0.1) is 0 Å². The van der Waals surface area contributed by atoms with Crippen molar-refractivity contribution in [2.24, 2.45) is 0 Å². The van der Waals surface area contributed by atoms with Gasteiger partial charge in [0, 0.05) is 28.0 Å². The molecule has 0 spiro atoms. The Morgan fingerprint density at radius 2 is 1.89 bits per heavy atom. The molecule has 4 aromatic rings. The first-order valence-corrected chi connectivity index (χ1v) is 9.07. The van der Waals surface area contributed by atoms with Crippen LogP contribution in [0.1, 0.15) is 10.4 Å². The second-order valence-electron chi connectivity index (χ2n) is 5.84. The Hall–Kier alpha value is -3.29. The van der Waals surface area contributed by atoms with Crippen LogP contribution in [0.2, 0.25) is 5.02 Å². The van der Waals surface area contributed by atoms with Crippen LogP contribution in [0.15, 0.2) is 71.3 Å². The van der Waals surface area contributed by atoms with Crippen LogP contribution < -0.4 is 10.6 Å². The molecule has 0 bridgehead atoms. The largest absolute Gasteiger partial charge is 0.434 e. The average molecular weight is 409 g/mol. The topological polar surface area (TPSA) is 80.0 Å². The molecule has 0 aliphatic rings. The van der Waals surface area contributed by atoms with E-state index in [1.54, 1.807) is 36.5 Å². The molecule has 2 N–H and O–H groups in total. The molecule has 138 valence electrons. The summed E-state index contributed by atoms with van der Waals surface area (Å²) in [5.74, 6) is 0.129. The van der Waals surface area contributed by atoms with Gasteiger partial charge >= 0.3 is 0 Å².